The van der Waals surface area contributed by atoms with Crippen molar-refractivity contribution in [3.63, 3.8) is 0 Å². The fourth-order valence-electron chi connectivity index (χ4n) is 4.97. The summed E-state index contributed by atoms with van der Waals surface area (Å²) in [4.78, 5) is 2.29. The van der Waals surface area contributed by atoms with Crippen molar-refractivity contribution in [3.8, 4) is 11.1 Å². The van der Waals surface area contributed by atoms with Crippen LogP contribution in [0.25, 0.3) is 45.5 Å². The quantitative estimate of drug-likeness (QED) is 0.247. The Morgan fingerprint density at radius 3 is 2.11 bits per heavy atom. The maximum Gasteiger partial charge on any atom is 0.159 e. The molecule has 1 heterocycles. The molecule has 0 radical (unpaired) electrons. The molecule has 0 aliphatic heterocycles. The molecule has 0 spiro atoms. The minimum atomic E-state index is 0.665. The number of fused-ring (bicyclic) bond motifs is 2. The molecule has 0 saturated carbocycles. The van der Waals surface area contributed by atoms with Crippen molar-refractivity contribution in [1.29, 1.82) is 0 Å². The van der Waals surface area contributed by atoms with E-state index in [4.69, 9.17) is 4.42 Å². The summed E-state index contributed by atoms with van der Waals surface area (Å²) < 4.78 is 6.34. The Hall–Kier alpha value is -4.82. The molecule has 0 aliphatic carbocycles. The van der Waals surface area contributed by atoms with Crippen molar-refractivity contribution in [2.24, 2.45) is 0 Å². The van der Waals surface area contributed by atoms with E-state index in [1.165, 1.54) is 21.9 Å². The van der Waals surface area contributed by atoms with Gasteiger partial charge in [0.1, 0.15) is 5.42 Å². The van der Waals surface area contributed by atoms with Gasteiger partial charge in [-0.3, -0.25) is 0 Å². The SMILES string of the molecule is C=c1oc2c(N(c3ccc(-c4ccccc4)cc3)c3cccc4ccccc34)cccc2/c1=C/C=C\C. The molecule has 6 aromatic rings. The van der Waals surface area contributed by atoms with Crippen molar-refractivity contribution in [3.05, 3.63) is 138 Å². The van der Waals surface area contributed by atoms with Crippen LogP contribution in [0, 0.1) is 0 Å². The first-order valence-electron chi connectivity index (χ1n) is 12.5. The molecule has 0 fully saturated rings. The molecule has 0 saturated heterocycles. The standard InChI is InChI=1S/C35H27NO/c1-3-4-16-30-25(2)37-35-32(30)18-11-20-34(35)36(33-19-10-15-28-14-8-9-17-31(28)33)29-23-21-27(22-24-29)26-12-6-5-7-13-26/h3-24H,2H2,1H3/b4-3-,30-16+. The third-order valence-corrected chi connectivity index (χ3v) is 6.75. The van der Waals surface area contributed by atoms with Crippen molar-refractivity contribution in [2.45, 2.75) is 6.92 Å². The minimum absolute atomic E-state index is 0.665. The molecular weight excluding hydrogens is 450 g/mol. The largest absolute Gasteiger partial charge is 0.454 e. The minimum Gasteiger partial charge on any atom is -0.454 e. The molecule has 0 unspecified atom stereocenters. The average molecular weight is 478 g/mol. The van der Waals surface area contributed by atoms with Crippen molar-refractivity contribution in [2.75, 3.05) is 4.90 Å². The Morgan fingerprint density at radius 1 is 0.649 bits per heavy atom. The summed E-state index contributed by atoms with van der Waals surface area (Å²) in [7, 11) is 0. The number of hydrogen-bond acceptors (Lipinski definition) is 2. The number of benzene rings is 5. The lowest BCUT2D eigenvalue weighted by Crippen LogP contribution is -2.17. The third-order valence-electron chi connectivity index (χ3n) is 6.75. The van der Waals surface area contributed by atoms with Crippen LogP contribution < -0.4 is 15.5 Å². The summed E-state index contributed by atoms with van der Waals surface area (Å²) in [5.74, 6) is 0. The second-order valence-electron chi connectivity index (χ2n) is 9.03. The number of allylic oxidation sites excluding steroid dienone is 2. The van der Waals surface area contributed by atoms with Gasteiger partial charge in [-0.1, -0.05) is 116 Å². The lowest BCUT2D eigenvalue weighted by Gasteiger charge is -2.27. The first-order valence-corrected chi connectivity index (χ1v) is 12.5. The Bertz CT molecular complexity index is 1840. The Balaban J connectivity index is 1.61. The molecule has 1 aromatic heterocycles. The normalized spacial score (nSPS) is 12.1. The van der Waals surface area contributed by atoms with Crippen LogP contribution >= 0.6 is 0 Å². The molecule has 0 atom stereocenters. The van der Waals surface area contributed by atoms with E-state index in [1.807, 2.05) is 25.1 Å². The van der Waals surface area contributed by atoms with Crippen LogP contribution in [-0.2, 0) is 0 Å². The van der Waals surface area contributed by atoms with Crippen molar-refractivity contribution >= 4 is 51.5 Å². The van der Waals surface area contributed by atoms with E-state index in [0.29, 0.717) is 5.42 Å². The van der Waals surface area contributed by atoms with Gasteiger partial charge in [0.05, 0.1) is 11.4 Å². The van der Waals surface area contributed by atoms with Gasteiger partial charge >= 0.3 is 0 Å². The highest BCUT2D eigenvalue weighted by Gasteiger charge is 2.20. The number of anilines is 3. The van der Waals surface area contributed by atoms with E-state index in [-0.39, 0.29) is 0 Å². The van der Waals surface area contributed by atoms with Crippen LogP contribution in [0.4, 0.5) is 17.1 Å². The summed E-state index contributed by atoms with van der Waals surface area (Å²) in [6, 6.07) is 40.5. The molecule has 6 rings (SSSR count). The lowest BCUT2D eigenvalue weighted by molar-refractivity contribution is 0.578. The lowest BCUT2D eigenvalue weighted by atomic mass is 10.0. The van der Waals surface area contributed by atoms with Crippen molar-refractivity contribution < 1.29 is 4.42 Å². The van der Waals surface area contributed by atoms with Gasteiger partial charge in [-0.15, -0.1) is 0 Å². The van der Waals surface area contributed by atoms with E-state index in [0.717, 1.165) is 33.3 Å². The fraction of sp³-hybridized carbons (Fsp3) is 0.0286. The van der Waals surface area contributed by atoms with Gasteiger partial charge in [0, 0.05) is 21.7 Å². The summed E-state index contributed by atoms with van der Waals surface area (Å²) in [6.45, 7) is 6.21. The smallest absolute Gasteiger partial charge is 0.159 e. The first kappa shape index (κ1) is 22.6. The average Bonchev–Trinajstić information content (AvgIpc) is 3.28. The van der Waals surface area contributed by atoms with Gasteiger partial charge in [-0.25, -0.2) is 0 Å². The van der Waals surface area contributed by atoms with Crippen LogP contribution in [0.15, 0.2) is 132 Å². The van der Waals surface area contributed by atoms with Gasteiger partial charge < -0.3 is 9.32 Å². The molecule has 2 nitrogen and oxygen atoms in total. The van der Waals surface area contributed by atoms with Crippen LogP contribution in [0.2, 0.25) is 0 Å². The van der Waals surface area contributed by atoms with Crippen LogP contribution in [0.1, 0.15) is 6.92 Å². The Morgan fingerprint density at radius 2 is 1.30 bits per heavy atom. The number of rotatable bonds is 5. The van der Waals surface area contributed by atoms with Crippen molar-refractivity contribution in [1.82, 2.24) is 0 Å². The summed E-state index contributed by atoms with van der Waals surface area (Å²) in [6.07, 6.45) is 6.10. The van der Waals surface area contributed by atoms with Gasteiger partial charge in [0.2, 0.25) is 0 Å². The predicted octanol–water partition coefficient (Wildman–Crippen LogP) is 8.49. The van der Waals surface area contributed by atoms with Gasteiger partial charge in [0.25, 0.3) is 0 Å². The molecule has 0 aliphatic rings. The maximum atomic E-state index is 6.34. The second kappa shape index (κ2) is 9.67. The molecule has 0 N–H and O–H groups in total. The van der Waals surface area contributed by atoms with E-state index in [9.17, 15) is 0 Å². The first-order chi connectivity index (χ1) is 18.2. The summed E-state index contributed by atoms with van der Waals surface area (Å²) in [5, 5.41) is 4.42. The molecule has 2 heteroatoms. The highest BCUT2D eigenvalue weighted by atomic mass is 16.3. The van der Waals surface area contributed by atoms with Gasteiger partial charge in [0.15, 0.2) is 5.58 Å². The van der Waals surface area contributed by atoms with E-state index >= 15 is 0 Å². The predicted molar refractivity (Wildman–Crippen MR) is 158 cm³/mol. The summed E-state index contributed by atoms with van der Waals surface area (Å²) in [5.41, 5.74) is 7.00. The number of nitrogens with zero attached hydrogens (tertiary/aromatic N) is 1. The summed E-state index contributed by atoms with van der Waals surface area (Å²) >= 11 is 0. The molecule has 0 bridgehead atoms. The molecular formula is C35H27NO. The Kier molecular flexibility index (Phi) is 5.92. The van der Waals surface area contributed by atoms with E-state index in [2.05, 4.69) is 127 Å². The zero-order valence-corrected chi connectivity index (χ0v) is 20.8. The van der Waals surface area contributed by atoms with Gasteiger partial charge in [-0.05, 0) is 47.7 Å². The topological polar surface area (TPSA) is 16.4 Å². The number of hydrogen-bond donors (Lipinski definition) is 0. The zero-order valence-electron chi connectivity index (χ0n) is 20.8. The fourth-order valence-corrected chi connectivity index (χ4v) is 4.97. The molecule has 5 aromatic carbocycles. The molecule has 37 heavy (non-hydrogen) atoms. The molecule has 0 amide bonds. The monoisotopic (exact) mass is 477 g/mol. The van der Waals surface area contributed by atoms with Gasteiger partial charge in [-0.2, -0.15) is 0 Å². The van der Waals surface area contributed by atoms with E-state index < -0.39 is 0 Å². The van der Waals surface area contributed by atoms with E-state index in [1.54, 1.807) is 0 Å². The third kappa shape index (κ3) is 4.13. The zero-order chi connectivity index (χ0) is 25.2. The second-order valence-corrected chi connectivity index (χ2v) is 9.03. The van der Waals surface area contributed by atoms with Crippen LogP contribution in [0.5, 0.6) is 0 Å². The highest BCUT2D eigenvalue weighted by Crippen LogP contribution is 2.41. The number of furan rings is 1. The Labute approximate surface area is 216 Å². The highest BCUT2D eigenvalue weighted by molar-refractivity contribution is 6.03. The van der Waals surface area contributed by atoms with Crippen LogP contribution in [-0.4, -0.2) is 0 Å². The number of para-hydroxylation sites is 1. The van der Waals surface area contributed by atoms with Crippen LogP contribution in [0.3, 0.4) is 0 Å². The molecule has 178 valence electrons. The maximum absolute atomic E-state index is 6.34.